The van der Waals surface area contributed by atoms with Gasteiger partial charge in [-0.25, -0.2) is 0 Å². The third kappa shape index (κ3) is 3.56. The second-order valence-corrected chi connectivity index (χ2v) is 7.07. The molecule has 0 unspecified atom stereocenters. The molecule has 0 radical (unpaired) electrons. The third-order valence-electron chi connectivity index (χ3n) is 5.10. The SMILES string of the molecule is CN(CC(=O)Nc1ccccc1N1CCCC1=O)c1cccc2ccccc12. The van der Waals surface area contributed by atoms with E-state index >= 15 is 0 Å². The normalized spacial score (nSPS) is 13.8. The molecular formula is C23H23N3O2. The zero-order valence-electron chi connectivity index (χ0n) is 15.9. The van der Waals surface area contributed by atoms with Gasteiger partial charge in [0.15, 0.2) is 0 Å². The molecule has 0 bridgehead atoms. The summed E-state index contributed by atoms with van der Waals surface area (Å²) in [6.07, 6.45) is 1.41. The first-order chi connectivity index (χ1) is 13.6. The summed E-state index contributed by atoms with van der Waals surface area (Å²) < 4.78 is 0. The van der Waals surface area contributed by atoms with Gasteiger partial charge in [0.2, 0.25) is 11.8 Å². The van der Waals surface area contributed by atoms with Crippen molar-refractivity contribution in [1.29, 1.82) is 0 Å². The highest BCUT2D eigenvalue weighted by Gasteiger charge is 2.24. The van der Waals surface area contributed by atoms with Gasteiger partial charge in [0.25, 0.3) is 0 Å². The number of nitrogens with one attached hydrogen (secondary N) is 1. The molecule has 0 aliphatic carbocycles. The molecule has 1 heterocycles. The van der Waals surface area contributed by atoms with E-state index in [1.807, 2.05) is 60.5 Å². The average molecular weight is 373 g/mol. The molecule has 0 aromatic heterocycles. The van der Waals surface area contributed by atoms with E-state index in [4.69, 9.17) is 0 Å². The highest BCUT2D eigenvalue weighted by Crippen LogP contribution is 2.30. The lowest BCUT2D eigenvalue weighted by atomic mass is 10.1. The lowest BCUT2D eigenvalue weighted by Gasteiger charge is -2.23. The first-order valence-corrected chi connectivity index (χ1v) is 9.51. The summed E-state index contributed by atoms with van der Waals surface area (Å²) >= 11 is 0. The zero-order valence-corrected chi connectivity index (χ0v) is 15.9. The molecule has 4 rings (SSSR count). The van der Waals surface area contributed by atoms with Crippen molar-refractivity contribution in [1.82, 2.24) is 0 Å². The van der Waals surface area contributed by atoms with Gasteiger partial charge in [-0.3, -0.25) is 9.59 Å². The fourth-order valence-electron chi connectivity index (χ4n) is 3.75. The van der Waals surface area contributed by atoms with Gasteiger partial charge in [-0.1, -0.05) is 48.5 Å². The van der Waals surface area contributed by atoms with Crippen LogP contribution in [-0.2, 0) is 9.59 Å². The average Bonchev–Trinajstić information content (AvgIpc) is 3.13. The Morgan fingerprint density at radius 3 is 2.61 bits per heavy atom. The number of likely N-dealkylation sites (N-methyl/N-ethyl adjacent to an activating group) is 1. The number of benzene rings is 3. The molecule has 5 heteroatoms. The minimum atomic E-state index is -0.116. The van der Waals surface area contributed by atoms with Gasteiger partial charge in [-0.15, -0.1) is 0 Å². The van der Waals surface area contributed by atoms with Crippen molar-refractivity contribution < 1.29 is 9.59 Å². The van der Waals surface area contributed by atoms with Gasteiger partial charge >= 0.3 is 0 Å². The molecule has 3 aromatic rings. The summed E-state index contributed by atoms with van der Waals surface area (Å²) in [6.45, 7) is 0.915. The number of amides is 2. The summed E-state index contributed by atoms with van der Waals surface area (Å²) in [4.78, 5) is 28.5. The minimum absolute atomic E-state index is 0.106. The lowest BCUT2D eigenvalue weighted by molar-refractivity contribution is -0.117. The molecule has 1 saturated heterocycles. The maximum absolute atomic E-state index is 12.7. The number of nitrogens with zero attached hydrogens (tertiary/aromatic N) is 2. The number of hydrogen-bond donors (Lipinski definition) is 1. The largest absolute Gasteiger partial charge is 0.365 e. The van der Waals surface area contributed by atoms with E-state index in [0.29, 0.717) is 18.7 Å². The lowest BCUT2D eigenvalue weighted by Crippen LogP contribution is -2.31. The van der Waals surface area contributed by atoms with Gasteiger partial charge in [0.1, 0.15) is 0 Å². The Labute approximate surface area is 164 Å². The number of carbonyl (C=O) groups excluding carboxylic acids is 2. The van der Waals surface area contributed by atoms with Gasteiger partial charge in [0.05, 0.1) is 17.9 Å². The summed E-state index contributed by atoms with van der Waals surface area (Å²) in [5, 5.41) is 5.24. The topological polar surface area (TPSA) is 52.7 Å². The van der Waals surface area contributed by atoms with E-state index in [1.165, 1.54) is 0 Å². The summed E-state index contributed by atoms with van der Waals surface area (Å²) in [7, 11) is 1.91. The van der Waals surface area contributed by atoms with Crippen LogP contribution < -0.4 is 15.1 Å². The number of fused-ring (bicyclic) bond motifs is 1. The van der Waals surface area contributed by atoms with Gasteiger partial charge in [0, 0.05) is 31.1 Å². The maximum atomic E-state index is 12.7. The predicted octanol–water partition coefficient (Wildman–Crippen LogP) is 4.04. The highest BCUT2D eigenvalue weighted by atomic mass is 16.2. The van der Waals surface area contributed by atoms with Crippen LogP contribution in [0.25, 0.3) is 10.8 Å². The Bertz CT molecular complexity index is 1030. The molecule has 3 aromatic carbocycles. The summed E-state index contributed by atoms with van der Waals surface area (Å²) in [5.74, 6) is -0.0101. The van der Waals surface area contributed by atoms with Crippen LogP contribution in [0, 0.1) is 0 Å². The van der Waals surface area contributed by atoms with E-state index in [9.17, 15) is 9.59 Å². The monoisotopic (exact) mass is 373 g/mol. The maximum Gasteiger partial charge on any atom is 0.243 e. The second-order valence-electron chi connectivity index (χ2n) is 7.07. The molecule has 1 N–H and O–H groups in total. The molecule has 1 aliphatic rings. The molecule has 0 saturated carbocycles. The van der Waals surface area contributed by atoms with Crippen molar-refractivity contribution in [3.63, 3.8) is 0 Å². The van der Waals surface area contributed by atoms with Crippen molar-refractivity contribution in [2.45, 2.75) is 12.8 Å². The van der Waals surface area contributed by atoms with Crippen LogP contribution in [0.1, 0.15) is 12.8 Å². The summed E-state index contributed by atoms with van der Waals surface area (Å²) in [6, 6.07) is 21.7. The predicted molar refractivity (Wildman–Crippen MR) is 114 cm³/mol. The third-order valence-corrected chi connectivity index (χ3v) is 5.10. The number of anilines is 3. The molecule has 0 atom stereocenters. The molecule has 1 fully saturated rings. The van der Waals surface area contributed by atoms with E-state index in [0.717, 1.165) is 28.6 Å². The van der Waals surface area contributed by atoms with Crippen LogP contribution in [0.4, 0.5) is 17.1 Å². The minimum Gasteiger partial charge on any atom is -0.365 e. The Morgan fingerprint density at radius 2 is 1.79 bits per heavy atom. The number of carbonyl (C=O) groups is 2. The second kappa shape index (κ2) is 7.72. The van der Waals surface area contributed by atoms with Crippen LogP contribution >= 0.6 is 0 Å². The van der Waals surface area contributed by atoms with E-state index in [-0.39, 0.29) is 18.4 Å². The van der Waals surface area contributed by atoms with Crippen LogP contribution in [0.5, 0.6) is 0 Å². The Kier molecular flexibility index (Phi) is 4.98. The first kappa shape index (κ1) is 18.0. The first-order valence-electron chi connectivity index (χ1n) is 9.51. The van der Waals surface area contributed by atoms with Crippen molar-refractivity contribution in [3.8, 4) is 0 Å². The number of para-hydroxylation sites is 2. The van der Waals surface area contributed by atoms with Gasteiger partial charge < -0.3 is 15.1 Å². The van der Waals surface area contributed by atoms with Crippen molar-refractivity contribution in [3.05, 3.63) is 66.7 Å². The Hall–Kier alpha value is -3.34. The highest BCUT2D eigenvalue weighted by molar-refractivity contribution is 6.03. The van der Waals surface area contributed by atoms with E-state index in [1.54, 1.807) is 4.90 Å². The van der Waals surface area contributed by atoms with E-state index < -0.39 is 0 Å². The Morgan fingerprint density at radius 1 is 1.04 bits per heavy atom. The number of hydrogen-bond acceptors (Lipinski definition) is 3. The molecule has 5 nitrogen and oxygen atoms in total. The van der Waals surface area contributed by atoms with Crippen molar-refractivity contribution in [2.24, 2.45) is 0 Å². The fraction of sp³-hybridized carbons (Fsp3) is 0.217. The van der Waals surface area contributed by atoms with Gasteiger partial charge in [-0.2, -0.15) is 0 Å². The van der Waals surface area contributed by atoms with Crippen LogP contribution in [0.3, 0.4) is 0 Å². The molecule has 142 valence electrons. The van der Waals surface area contributed by atoms with Crippen LogP contribution in [0.2, 0.25) is 0 Å². The fourth-order valence-corrected chi connectivity index (χ4v) is 3.75. The molecule has 2 amide bonds. The van der Waals surface area contributed by atoms with Crippen molar-refractivity contribution in [2.75, 3.05) is 35.3 Å². The summed E-state index contributed by atoms with van der Waals surface area (Å²) in [5.41, 5.74) is 2.46. The van der Waals surface area contributed by atoms with Crippen molar-refractivity contribution >= 4 is 39.6 Å². The smallest absolute Gasteiger partial charge is 0.243 e. The van der Waals surface area contributed by atoms with Crippen LogP contribution in [0.15, 0.2) is 66.7 Å². The Balaban J connectivity index is 1.51. The molecule has 0 spiro atoms. The number of rotatable bonds is 5. The molecule has 28 heavy (non-hydrogen) atoms. The standard InChI is InChI=1S/C23H23N3O2/c1-25(20-13-6-9-17-8-2-3-10-18(17)20)16-22(27)24-19-11-4-5-12-21(19)26-15-7-14-23(26)28/h2-6,8-13H,7,14-16H2,1H3,(H,24,27). The van der Waals surface area contributed by atoms with E-state index in [2.05, 4.69) is 23.5 Å². The quantitative estimate of drug-likeness (QED) is 0.734. The van der Waals surface area contributed by atoms with Gasteiger partial charge in [-0.05, 0) is 30.0 Å². The molecular weight excluding hydrogens is 350 g/mol. The molecule has 1 aliphatic heterocycles. The zero-order chi connectivity index (χ0) is 19.5. The van der Waals surface area contributed by atoms with Crippen LogP contribution in [-0.4, -0.2) is 32.0 Å².